The summed E-state index contributed by atoms with van der Waals surface area (Å²) in [6.45, 7) is 0. The molecule has 0 spiro atoms. The van der Waals surface area contributed by atoms with E-state index < -0.39 is 5.49 Å². The van der Waals surface area contributed by atoms with Crippen molar-refractivity contribution in [2.75, 3.05) is 0 Å². The van der Waals surface area contributed by atoms with Crippen molar-refractivity contribution >= 4 is 40.7 Å². The molecule has 0 bridgehead atoms. The van der Waals surface area contributed by atoms with Gasteiger partial charge < -0.3 is 0 Å². The first kappa shape index (κ1) is 25.1. The molecule has 0 atom stereocenters. The summed E-state index contributed by atoms with van der Waals surface area (Å²) in [4.78, 5) is 0. The molecule has 26 heavy (non-hydrogen) atoms. The van der Waals surface area contributed by atoms with Gasteiger partial charge in [-0.05, 0) is 0 Å². The molecular weight excluding hydrogens is 542 g/mol. The van der Waals surface area contributed by atoms with Gasteiger partial charge in [-0.15, -0.1) is 37.7 Å². The summed E-state index contributed by atoms with van der Waals surface area (Å²) in [5.41, 5.74) is -0.406. The fourth-order valence-corrected chi connectivity index (χ4v) is 7.03. The van der Waals surface area contributed by atoms with E-state index in [9.17, 15) is 0 Å². The van der Waals surface area contributed by atoms with Gasteiger partial charge >= 0.3 is 99.5 Å². The van der Waals surface area contributed by atoms with Gasteiger partial charge in [-0.3, -0.25) is 12.2 Å². The molecule has 0 radical (unpaired) electrons. The Balaban J connectivity index is 0.000000432. The first-order chi connectivity index (χ1) is 11.9. The fourth-order valence-electron chi connectivity index (χ4n) is 2.06. The first-order valence-electron chi connectivity index (χ1n) is 8.01. The van der Waals surface area contributed by atoms with Gasteiger partial charge in [0.25, 0.3) is 0 Å². The van der Waals surface area contributed by atoms with Crippen molar-refractivity contribution in [3.63, 3.8) is 0 Å². The molecule has 0 amide bonds. The maximum atomic E-state index is 2.99. The van der Waals surface area contributed by atoms with Crippen LogP contribution in [-0.4, -0.2) is 5.49 Å². The molecule has 2 aromatic rings. The number of hydrogen-bond acceptors (Lipinski definition) is 0. The average Bonchev–Trinajstić information content (AvgIpc) is 3.41. The topological polar surface area (TPSA) is 0 Å². The van der Waals surface area contributed by atoms with Crippen LogP contribution in [0.2, 0.25) is 0 Å². The van der Waals surface area contributed by atoms with Crippen molar-refractivity contribution in [1.29, 1.82) is 0 Å². The van der Waals surface area contributed by atoms with Gasteiger partial charge in [0.1, 0.15) is 0 Å². The van der Waals surface area contributed by atoms with Gasteiger partial charge in [-0.25, -0.2) is 24.3 Å². The van der Waals surface area contributed by atoms with Crippen molar-refractivity contribution in [3.05, 3.63) is 109 Å². The van der Waals surface area contributed by atoms with Crippen molar-refractivity contribution in [2.45, 2.75) is 12.8 Å². The SMILES string of the molecule is Cl.Cl.[C-]1=CC=CC1.[C-]1=CC=CC1.[Hf+2]=[Si](c1ccccc1)c1ccccc1. The second kappa shape index (κ2) is 16.3. The van der Waals surface area contributed by atoms with Crippen LogP contribution < -0.4 is 10.4 Å². The van der Waals surface area contributed by atoms with E-state index >= 15 is 0 Å². The predicted molar refractivity (Wildman–Crippen MR) is 116 cm³/mol. The fraction of sp³-hybridized carbons (Fsp3) is 0.0909. The number of halogens is 2. The van der Waals surface area contributed by atoms with Crippen molar-refractivity contribution in [1.82, 2.24) is 0 Å². The molecule has 0 nitrogen and oxygen atoms in total. The van der Waals surface area contributed by atoms with E-state index in [-0.39, 0.29) is 24.8 Å². The summed E-state index contributed by atoms with van der Waals surface area (Å²) < 4.78 is 0. The van der Waals surface area contributed by atoms with Crippen LogP contribution >= 0.6 is 24.8 Å². The number of benzene rings is 2. The van der Waals surface area contributed by atoms with Crippen LogP contribution in [0.3, 0.4) is 0 Å². The normalized spacial score (nSPS) is 12.1. The monoisotopic (exact) mass is 564 g/mol. The van der Waals surface area contributed by atoms with Gasteiger partial charge in [0, 0.05) is 0 Å². The van der Waals surface area contributed by atoms with E-state index in [1.54, 1.807) is 0 Å². The van der Waals surface area contributed by atoms with Crippen molar-refractivity contribution < 1.29 is 23.0 Å². The van der Waals surface area contributed by atoms with Crippen LogP contribution in [0.1, 0.15) is 12.8 Å². The quantitative estimate of drug-likeness (QED) is 0.364. The van der Waals surface area contributed by atoms with Gasteiger partial charge in [-0.2, -0.15) is 12.2 Å². The summed E-state index contributed by atoms with van der Waals surface area (Å²) in [6.07, 6.45) is 20.0. The van der Waals surface area contributed by atoms with Gasteiger partial charge in [-0.1, -0.05) is 0 Å². The Morgan fingerprint density at radius 3 is 1.27 bits per heavy atom. The maximum absolute atomic E-state index is 2.99. The third-order valence-corrected chi connectivity index (χ3v) is 11.3. The predicted octanol–water partition coefficient (Wildman–Crippen LogP) is 4.79. The zero-order chi connectivity index (χ0) is 16.9. The van der Waals surface area contributed by atoms with Crippen LogP contribution in [0.4, 0.5) is 0 Å². The Morgan fingerprint density at radius 1 is 0.654 bits per heavy atom. The second-order valence-corrected chi connectivity index (χ2v) is 12.4. The molecule has 4 heteroatoms. The minimum atomic E-state index is -0.406. The van der Waals surface area contributed by atoms with Gasteiger partial charge in [0.15, 0.2) is 0 Å². The summed E-state index contributed by atoms with van der Waals surface area (Å²) in [5.74, 6) is 0. The Morgan fingerprint density at radius 2 is 1.04 bits per heavy atom. The molecule has 4 rings (SSSR count). The van der Waals surface area contributed by atoms with E-state index in [2.05, 4.69) is 85.0 Å². The summed E-state index contributed by atoms with van der Waals surface area (Å²) in [7, 11) is 0. The molecular formula is C22H22Cl2HfSi. The third kappa shape index (κ3) is 10.3. The van der Waals surface area contributed by atoms with Crippen molar-refractivity contribution in [2.24, 2.45) is 0 Å². The van der Waals surface area contributed by atoms with E-state index in [0.717, 1.165) is 12.8 Å². The van der Waals surface area contributed by atoms with Crippen LogP contribution in [0.25, 0.3) is 0 Å². The molecule has 0 saturated carbocycles. The summed E-state index contributed by atoms with van der Waals surface area (Å²) in [5, 5.41) is 3.07. The van der Waals surface area contributed by atoms with E-state index in [1.165, 1.54) is 33.4 Å². The Kier molecular flexibility index (Phi) is 15.7. The first-order valence-corrected chi connectivity index (χ1v) is 14.9. The van der Waals surface area contributed by atoms with E-state index in [0.29, 0.717) is 0 Å². The molecule has 0 saturated heterocycles. The standard InChI is InChI=1S/C12H10Si.2C5H5.2ClH.Hf/c1-3-7-11(8-4-1)13-12-9-5-2-6-10-12;2*1-2-4-5-3-1;;;/h1-10H;2*1-3H,4H2;2*1H;/q;2*-1;;;+2. The molecule has 0 unspecified atom stereocenters. The molecule has 2 aliphatic rings. The van der Waals surface area contributed by atoms with Crippen molar-refractivity contribution in [3.8, 4) is 0 Å². The Hall–Kier alpha value is -0.933. The van der Waals surface area contributed by atoms with Crippen LogP contribution in [0, 0.1) is 12.2 Å². The van der Waals surface area contributed by atoms with Crippen LogP contribution in [-0.2, 0) is 23.0 Å². The van der Waals surface area contributed by atoms with Crippen LogP contribution in [0.15, 0.2) is 97.1 Å². The minimum absolute atomic E-state index is 0. The Bertz CT molecular complexity index is 652. The summed E-state index contributed by atoms with van der Waals surface area (Å²) in [6, 6.07) is 21.8. The molecule has 2 aromatic carbocycles. The number of hydrogen-bond donors (Lipinski definition) is 0. The molecule has 0 aliphatic heterocycles. The molecule has 0 aromatic heterocycles. The molecule has 0 N–H and O–H groups in total. The summed E-state index contributed by atoms with van der Waals surface area (Å²) >= 11 is 1.27. The zero-order valence-electron chi connectivity index (χ0n) is 14.5. The molecule has 0 heterocycles. The second-order valence-electron chi connectivity index (χ2n) is 5.11. The van der Waals surface area contributed by atoms with Gasteiger partial charge in [0.2, 0.25) is 0 Å². The number of rotatable bonds is 2. The van der Waals surface area contributed by atoms with Gasteiger partial charge in [0.05, 0.1) is 0 Å². The van der Waals surface area contributed by atoms with Crippen LogP contribution in [0.5, 0.6) is 0 Å². The van der Waals surface area contributed by atoms with E-state index in [4.69, 9.17) is 0 Å². The Labute approximate surface area is 184 Å². The molecule has 2 aliphatic carbocycles. The molecule has 132 valence electrons. The molecule has 0 fully saturated rings. The zero-order valence-corrected chi connectivity index (χ0v) is 20.7. The third-order valence-electron chi connectivity index (χ3n) is 3.30. The average molecular weight is 564 g/mol. The van der Waals surface area contributed by atoms with E-state index in [1.807, 2.05) is 24.3 Å². The number of allylic oxidation sites excluding steroid dienone is 8.